The molecule has 3 aromatic rings. The highest BCUT2D eigenvalue weighted by molar-refractivity contribution is 5.74. The standard InChI is InChI=1S/C17H20FN5O/c1-10-5-6-11(7-13(10)18)8-19-16-21-14-12(15(24)22-16)9-20-23(14)17(2,3)4/h5-7,9H,8H2,1-4H3,(H2,19,21,22,24). The number of hydrogen-bond acceptors (Lipinski definition) is 4. The Morgan fingerprint density at radius 1 is 1.33 bits per heavy atom. The van der Waals surface area contributed by atoms with E-state index >= 15 is 0 Å². The number of aryl methyl sites for hydroxylation is 1. The van der Waals surface area contributed by atoms with E-state index < -0.39 is 0 Å². The van der Waals surface area contributed by atoms with E-state index in [9.17, 15) is 9.18 Å². The monoisotopic (exact) mass is 329 g/mol. The maximum atomic E-state index is 13.6. The van der Waals surface area contributed by atoms with Crippen LogP contribution < -0.4 is 10.9 Å². The van der Waals surface area contributed by atoms with Crippen molar-refractivity contribution < 1.29 is 4.39 Å². The number of nitrogens with zero attached hydrogens (tertiary/aromatic N) is 3. The Kier molecular flexibility index (Phi) is 3.87. The highest BCUT2D eigenvalue weighted by Crippen LogP contribution is 2.19. The van der Waals surface area contributed by atoms with Crippen LogP contribution in [0.4, 0.5) is 10.3 Å². The van der Waals surface area contributed by atoms with Crippen LogP contribution >= 0.6 is 0 Å². The summed E-state index contributed by atoms with van der Waals surface area (Å²) >= 11 is 0. The quantitative estimate of drug-likeness (QED) is 0.775. The summed E-state index contributed by atoms with van der Waals surface area (Å²) in [5, 5.41) is 7.74. The first-order valence-corrected chi connectivity index (χ1v) is 7.73. The van der Waals surface area contributed by atoms with E-state index in [2.05, 4.69) is 20.4 Å². The molecule has 0 saturated heterocycles. The van der Waals surface area contributed by atoms with Gasteiger partial charge in [0.15, 0.2) is 5.65 Å². The molecule has 2 aromatic heterocycles. The lowest BCUT2D eigenvalue weighted by Crippen LogP contribution is -2.24. The van der Waals surface area contributed by atoms with Crippen LogP contribution in [0.15, 0.2) is 29.2 Å². The maximum Gasteiger partial charge on any atom is 0.263 e. The molecule has 7 heteroatoms. The maximum absolute atomic E-state index is 13.6. The lowest BCUT2D eigenvalue weighted by Gasteiger charge is -2.19. The van der Waals surface area contributed by atoms with Gasteiger partial charge in [-0.15, -0.1) is 0 Å². The van der Waals surface area contributed by atoms with Crippen LogP contribution in [0.5, 0.6) is 0 Å². The average molecular weight is 329 g/mol. The largest absolute Gasteiger partial charge is 0.352 e. The summed E-state index contributed by atoms with van der Waals surface area (Å²) in [5.74, 6) is 0.0801. The normalized spacial score (nSPS) is 11.9. The summed E-state index contributed by atoms with van der Waals surface area (Å²) in [6.45, 7) is 8.04. The Bertz CT molecular complexity index is 952. The van der Waals surface area contributed by atoms with Gasteiger partial charge in [-0.2, -0.15) is 10.1 Å². The Morgan fingerprint density at radius 2 is 2.08 bits per heavy atom. The summed E-state index contributed by atoms with van der Waals surface area (Å²) in [6.07, 6.45) is 1.52. The first kappa shape index (κ1) is 16.2. The number of rotatable bonds is 3. The molecule has 0 bridgehead atoms. The third kappa shape index (κ3) is 3.02. The van der Waals surface area contributed by atoms with Crippen molar-refractivity contribution in [2.24, 2.45) is 0 Å². The fourth-order valence-electron chi connectivity index (χ4n) is 2.43. The number of halogens is 1. The van der Waals surface area contributed by atoms with Gasteiger partial charge in [0, 0.05) is 6.54 Å². The molecule has 126 valence electrons. The van der Waals surface area contributed by atoms with Crippen molar-refractivity contribution in [2.45, 2.75) is 39.8 Å². The molecule has 24 heavy (non-hydrogen) atoms. The fraction of sp³-hybridized carbons (Fsp3) is 0.353. The zero-order chi connectivity index (χ0) is 17.5. The number of anilines is 1. The summed E-state index contributed by atoms with van der Waals surface area (Å²) in [7, 11) is 0. The van der Waals surface area contributed by atoms with Gasteiger partial charge in [0.05, 0.1) is 11.7 Å². The second-order valence-corrected chi connectivity index (χ2v) is 6.82. The van der Waals surface area contributed by atoms with E-state index in [0.29, 0.717) is 29.1 Å². The van der Waals surface area contributed by atoms with Gasteiger partial charge in [-0.25, -0.2) is 9.07 Å². The van der Waals surface area contributed by atoms with Gasteiger partial charge in [0.1, 0.15) is 11.2 Å². The predicted octanol–water partition coefficient (Wildman–Crippen LogP) is 2.93. The van der Waals surface area contributed by atoms with E-state index in [4.69, 9.17) is 0 Å². The van der Waals surface area contributed by atoms with Gasteiger partial charge < -0.3 is 5.32 Å². The fourth-order valence-corrected chi connectivity index (χ4v) is 2.43. The molecule has 0 aliphatic carbocycles. The highest BCUT2D eigenvalue weighted by atomic mass is 19.1. The van der Waals surface area contributed by atoms with Gasteiger partial charge in [0.25, 0.3) is 5.56 Å². The Morgan fingerprint density at radius 3 is 2.75 bits per heavy atom. The molecule has 0 saturated carbocycles. The number of H-pyrrole nitrogens is 1. The van der Waals surface area contributed by atoms with Gasteiger partial charge in [0.2, 0.25) is 5.95 Å². The number of nitrogens with one attached hydrogen (secondary N) is 2. The average Bonchev–Trinajstić information content (AvgIpc) is 2.93. The molecule has 0 aliphatic heterocycles. The molecule has 0 atom stereocenters. The van der Waals surface area contributed by atoms with E-state index in [0.717, 1.165) is 5.56 Å². The number of aromatic nitrogens is 4. The van der Waals surface area contributed by atoms with Crippen molar-refractivity contribution in [1.29, 1.82) is 0 Å². The molecule has 3 rings (SSSR count). The van der Waals surface area contributed by atoms with Gasteiger partial charge >= 0.3 is 0 Å². The third-order valence-electron chi connectivity index (χ3n) is 3.77. The minimum Gasteiger partial charge on any atom is -0.352 e. The molecule has 0 unspecified atom stereocenters. The molecule has 1 aromatic carbocycles. The second-order valence-electron chi connectivity index (χ2n) is 6.82. The summed E-state index contributed by atoms with van der Waals surface area (Å²) < 4.78 is 15.3. The lowest BCUT2D eigenvalue weighted by atomic mass is 10.1. The van der Waals surface area contributed by atoms with Crippen LogP contribution in [0.3, 0.4) is 0 Å². The summed E-state index contributed by atoms with van der Waals surface area (Å²) in [6, 6.07) is 5.03. The molecule has 0 aliphatic rings. The lowest BCUT2D eigenvalue weighted by molar-refractivity contribution is 0.366. The van der Waals surface area contributed by atoms with Gasteiger partial charge in [-0.05, 0) is 44.9 Å². The highest BCUT2D eigenvalue weighted by Gasteiger charge is 2.19. The zero-order valence-corrected chi connectivity index (χ0v) is 14.1. The number of fused-ring (bicyclic) bond motifs is 1. The van der Waals surface area contributed by atoms with Crippen LogP contribution in [-0.2, 0) is 12.1 Å². The van der Waals surface area contributed by atoms with Crippen molar-refractivity contribution in [3.63, 3.8) is 0 Å². The van der Waals surface area contributed by atoms with Crippen LogP contribution in [0, 0.1) is 12.7 Å². The number of aromatic amines is 1. The van der Waals surface area contributed by atoms with Crippen molar-refractivity contribution in [1.82, 2.24) is 19.7 Å². The zero-order valence-electron chi connectivity index (χ0n) is 14.1. The van der Waals surface area contributed by atoms with Gasteiger partial charge in [-0.1, -0.05) is 12.1 Å². The molecular weight excluding hydrogens is 309 g/mol. The SMILES string of the molecule is Cc1ccc(CNc2nc3c(cnn3C(C)(C)C)c(=O)[nH]2)cc1F. The van der Waals surface area contributed by atoms with Crippen molar-refractivity contribution >= 4 is 17.0 Å². The predicted molar refractivity (Wildman–Crippen MR) is 91.6 cm³/mol. The van der Waals surface area contributed by atoms with E-state index in [-0.39, 0.29) is 16.9 Å². The topological polar surface area (TPSA) is 75.6 Å². The van der Waals surface area contributed by atoms with Crippen molar-refractivity contribution in [3.05, 3.63) is 51.7 Å². The minimum absolute atomic E-state index is 0.253. The van der Waals surface area contributed by atoms with Gasteiger partial charge in [-0.3, -0.25) is 9.78 Å². The van der Waals surface area contributed by atoms with Crippen LogP contribution in [0.2, 0.25) is 0 Å². The number of benzene rings is 1. The third-order valence-corrected chi connectivity index (χ3v) is 3.77. The van der Waals surface area contributed by atoms with E-state index in [1.807, 2.05) is 26.8 Å². The van der Waals surface area contributed by atoms with E-state index in [1.165, 1.54) is 12.3 Å². The Balaban J connectivity index is 1.92. The Hall–Kier alpha value is -2.70. The first-order chi connectivity index (χ1) is 11.3. The van der Waals surface area contributed by atoms with Crippen LogP contribution in [0.1, 0.15) is 31.9 Å². The van der Waals surface area contributed by atoms with E-state index in [1.54, 1.807) is 17.7 Å². The Labute approximate surface area is 138 Å². The minimum atomic E-state index is -0.292. The molecule has 2 N–H and O–H groups in total. The summed E-state index contributed by atoms with van der Waals surface area (Å²) in [5.41, 5.74) is 1.34. The second kappa shape index (κ2) is 5.74. The van der Waals surface area contributed by atoms with Crippen molar-refractivity contribution in [3.8, 4) is 0 Å². The molecule has 0 spiro atoms. The van der Waals surface area contributed by atoms with Crippen LogP contribution in [0.25, 0.3) is 11.0 Å². The molecule has 0 radical (unpaired) electrons. The van der Waals surface area contributed by atoms with Crippen molar-refractivity contribution in [2.75, 3.05) is 5.32 Å². The number of hydrogen-bond donors (Lipinski definition) is 2. The molecule has 2 heterocycles. The molecule has 0 amide bonds. The first-order valence-electron chi connectivity index (χ1n) is 7.73. The van der Waals surface area contributed by atoms with Crippen LogP contribution in [-0.4, -0.2) is 19.7 Å². The molecular formula is C17H20FN5O. The smallest absolute Gasteiger partial charge is 0.263 e. The summed E-state index contributed by atoms with van der Waals surface area (Å²) in [4.78, 5) is 19.3. The molecule has 6 nitrogen and oxygen atoms in total. The molecule has 0 fully saturated rings.